The predicted octanol–water partition coefficient (Wildman–Crippen LogP) is 1.62. The topological polar surface area (TPSA) is 69.2 Å². The van der Waals surface area contributed by atoms with Gasteiger partial charge in [-0.2, -0.15) is 5.10 Å². The molecule has 0 radical (unpaired) electrons. The molecule has 1 fully saturated rings. The second kappa shape index (κ2) is 7.55. The molecule has 1 aromatic carbocycles. The van der Waals surface area contributed by atoms with Gasteiger partial charge in [0, 0.05) is 50.5 Å². The molecule has 1 aliphatic rings. The van der Waals surface area contributed by atoms with Crippen molar-refractivity contribution < 1.29 is 0 Å². The first-order valence-corrected chi connectivity index (χ1v) is 8.39. The molecule has 0 spiro atoms. The van der Waals surface area contributed by atoms with Crippen molar-refractivity contribution in [1.29, 1.82) is 0 Å². The molecule has 0 atom stereocenters. The highest BCUT2D eigenvalue weighted by atomic mass is 15.5. The largest absolute Gasteiger partial charge is 0.353 e. The molecule has 0 bridgehead atoms. The fourth-order valence-corrected chi connectivity index (χ4v) is 2.49. The van der Waals surface area contributed by atoms with Gasteiger partial charge in [0.1, 0.15) is 0 Å². The minimum Gasteiger partial charge on any atom is -0.353 e. The molecule has 2 aromatic rings. The zero-order chi connectivity index (χ0) is 16.9. The van der Waals surface area contributed by atoms with Gasteiger partial charge in [-0.05, 0) is 38.1 Å². The highest BCUT2D eigenvalue weighted by Crippen LogP contribution is 2.20. The van der Waals surface area contributed by atoms with E-state index >= 15 is 0 Å². The Morgan fingerprint density at radius 1 is 1.17 bits per heavy atom. The Labute approximate surface area is 143 Å². The first-order valence-electron chi connectivity index (χ1n) is 8.39. The molecule has 2 heterocycles. The van der Waals surface area contributed by atoms with Gasteiger partial charge in [-0.25, -0.2) is 9.99 Å². The molecular weight excluding hydrogens is 302 g/mol. The fraction of sp³-hybridized carbons (Fsp3) is 0.471. The maximum atomic E-state index is 4.68. The summed E-state index contributed by atoms with van der Waals surface area (Å²) >= 11 is 0. The molecule has 1 aromatic heterocycles. The lowest BCUT2D eigenvalue weighted by molar-refractivity contribution is 0.330. The maximum Gasteiger partial charge on any atom is 0.183 e. The Morgan fingerprint density at radius 2 is 1.88 bits per heavy atom. The standard InChI is InChI=1S/C17H25N7/c1-13(2)23(3)22-15-6-4-14(5-7-15)17-20-16(12-19-21-17)24-10-8-18-9-11-24/h4-7,12-13,18,22H,8-11H2,1-3H3. The van der Waals surface area contributed by atoms with E-state index in [1.165, 1.54) is 0 Å². The summed E-state index contributed by atoms with van der Waals surface area (Å²) in [6.07, 6.45) is 1.74. The Bertz CT molecular complexity index is 650. The van der Waals surface area contributed by atoms with Gasteiger partial charge in [-0.3, -0.25) is 0 Å². The van der Waals surface area contributed by atoms with Crippen molar-refractivity contribution in [2.75, 3.05) is 43.6 Å². The summed E-state index contributed by atoms with van der Waals surface area (Å²) in [5, 5.41) is 13.7. The maximum absolute atomic E-state index is 4.68. The molecule has 0 amide bonds. The highest BCUT2D eigenvalue weighted by Gasteiger charge is 2.13. The Kier molecular flexibility index (Phi) is 5.22. The van der Waals surface area contributed by atoms with E-state index in [-0.39, 0.29) is 0 Å². The van der Waals surface area contributed by atoms with Crippen LogP contribution in [0, 0.1) is 0 Å². The fourth-order valence-electron chi connectivity index (χ4n) is 2.49. The molecular formula is C17H25N7. The van der Waals surface area contributed by atoms with Crippen LogP contribution in [0.4, 0.5) is 11.5 Å². The third kappa shape index (κ3) is 3.98. The summed E-state index contributed by atoms with van der Waals surface area (Å²) in [6, 6.07) is 8.54. The average molecular weight is 327 g/mol. The van der Waals surface area contributed by atoms with Gasteiger partial charge in [0.25, 0.3) is 0 Å². The average Bonchev–Trinajstić information content (AvgIpc) is 2.63. The van der Waals surface area contributed by atoms with E-state index in [0.717, 1.165) is 43.2 Å². The van der Waals surface area contributed by atoms with Gasteiger partial charge in [0.05, 0.1) is 6.20 Å². The number of hydrogen-bond donors (Lipinski definition) is 2. The first-order chi connectivity index (χ1) is 11.6. The summed E-state index contributed by atoms with van der Waals surface area (Å²) in [6.45, 7) is 8.13. The lowest BCUT2D eigenvalue weighted by Gasteiger charge is -2.28. The number of piperazine rings is 1. The molecule has 128 valence electrons. The van der Waals surface area contributed by atoms with Crippen LogP contribution in [-0.2, 0) is 0 Å². The monoisotopic (exact) mass is 327 g/mol. The first kappa shape index (κ1) is 16.6. The summed E-state index contributed by atoms with van der Waals surface area (Å²) in [7, 11) is 2.03. The van der Waals surface area contributed by atoms with E-state index in [2.05, 4.69) is 49.7 Å². The molecule has 0 aliphatic carbocycles. The number of anilines is 2. The van der Waals surface area contributed by atoms with Crippen molar-refractivity contribution in [3.05, 3.63) is 30.5 Å². The Morgan fingerprint density at radius 3 is 2.54 bits per heavy atom. The van der Waals surface area contributed by atoms with Gasteiger partial charge in [0.2, 0.25) is 0 Å². The molecule has 2 N–H and O–H groups in total. The van der Waals surface area contributed by atoms with Crippen LogP contribution in [0.25, 0.3) is 11.4 Å². The van der Waals surface area contributed by atoms with Crippen molar-refractivity contribution in [3.63, 3.8) is 0 Å². The molecule has 7 nitrogen and oxygen atoms in total. The van der Waals surface area contributed by atoms with Crippen LogP contribution in [0.2, 0.25) is 0 Å². The van der Waals surface area contributed by atoms with Gasteiger partial charge in [0.15, 0.2) is 11.6 Å². The Hall–Kier alpha value is -2.25. The van der Waals surface area contributed by atoms with Gasteiger partial charge in [-0.1, -0.05) is 0 Å². The summed E-state index contributed by atoms with van der Waals surface area (Å²) in [5.74, 6) is 1.55. The summed E-state index contributed by atoms with van der Waals surface area (Å²) < 4.78 is 0. The number of hydrazine groups is 1. The van der Waals surface area contributed by atoms with E-state index in [1.54, 1.807) is 6.20 Å². The number of nitrogens with one attached hydrogen (secondary N) is 2. The second-order valence-electron chi connectivity index (χ2n) is 6.27. The van der Waals surface area contributed by atoms with E-state index < -0.39 is 0 Å². The quantitative estimate of drug-likeness (QED) is 0.809. The van der Waals surface area contributed by atoms with Crippen molar-refractivity contribution in [3.8, 4) is 11.4 Å². The van der Waals surface area contributed by atoms with Crippen LogP contribution >= 0.6 is 0 Å². The molecule has 7 heteroatoms. The molecule has 1 aliphatic heterocycles. The minimum atomic E-state index is 0.424. The Balaban J connectivity index is 1.74. The van der Waals surface area contributed by atoms with Crippen LogP contribution in [-0.4, -0.2) is 59.5 Å². The SMILES string of the molecule is CC(C)N(C)Nc1ccc(-c2nncc(N3CCNCC3)n2)cc1. The third-order valence-electron chi connectivity index (χ3n) is 4.21. The zero-order valence-electron chi connectivity index (χ0n) is 14.5. The van der Waals surface area contributed by atoms with Gasteiger partial charge in [-0.15, -0.1) is 5.10 Å². The van der Waals surface area contributed by atoms with Crippen LogP contribution in [0.3, 0.4) is 0 Å². The van der Waals surface area contributed by atoms with Crippen molar-refractivity contribution in [1.82, 2.24) is 25.5 Å². The number of hydrogen-bond acceptors (Lipinski definition) is 7. The third-order valence-corrected chi connectivity index (χ3v) is 4.21. The van der Waals surface area contributed by atoms with Gasteiger partial charge >= 0.3 is 0 Å². The number of rotatable bonds is 5. The lowest BCUT2D eigenvalue weighted by Crippen LogP contribution is -2.44. The molecule has 1 saturated heterocycles. The summed E-state index contributed by atoms with van der Waals surface area (Å²) in [4.78, 5) is 6.92. The van der Waals surface area contributed by atoms with Gasteiger partial charge < -0.3 is 15.6 Å². The molecule has 0 unspecified atom stereocenters. The van der Waals surface area contributed by atoms with Crippen molar-refractivity contribution in [2.24, 2.45) is 0 Å². The van der Waals surface area contributed by atoms with Crippen LogP contribution < -0.4 is 15.6 Å². The van der Waals surface area contributed by atoms with E-state index in [0.29, 0.717) is 11.9 Å². The van der Waals surface area contributed by atoms with Crippen LogP contribution in [0.1, 0.15) is 13.8 Å². The second-order valence-corrected chi connectivity index (χ2v) is 6.27. The molecule has 24 heavy (non-hydrogen) atoms. The van der Waals surface area contributed by atoms with E-state index in [9.17, 15) is 0 Å². The van der Waals surface area contributed by atoms with Crippen LogP contribution in [0.5, 0.6) is 0 Å². The normalized spacial score (nSPS) is 15.1. The van der Waals surface area contributed by atoms with Crippen molar-refractivity contribution >= 4 is 11.5 Å². The van der Waals surface area contributed by atoms with Crippen molar-refractivity contribution in [2.45, 2.75) is 19.9 Å². The van der Waals surface area contributed by atoms with E-state index in [4.69, 9.17) is 0 Å². The zero-order valence-corrected chi connectivity index (χ0v) is 14.5. The number of nitrogens with zero attached hydrogens (tertiary/aromatic N) is 5. The lowest BCUT2D eigenvalue weighted by atomic mass is 10.2. The van der Waals surface area contributed by atoms with E-state index in [1.807, 2.05) is 31.3 Å². The molecule has 3 rings (SSSR count). The smallest absolute Gasteiger partial charge is 0.183 e. The predicted molar refractivity (Wildman–Crippen MR) is 96.9 cm³/mol. The number of benzene rings is 1. The molecule has 0 saturated carbocycles. The summed E-state index contributed by atoms with van der Waals surface area (Å²) in [5.41, 5.74) is 5.36. The number of aromatic nitrogens is 3. The minimum absolute atomic E-state index is 0.424. The highest BCUT2D eigenvalue weighted by molar-refractivity contribution is 5.60. The van der Waals surface area contributed by atoms with Crippen LogP contribution in [0.15, 0.2) is 30.5 Å².